The second kappa shape index (κ2) is 8.08. The fraction of sp³-hybridized carbons (Fsp3) is 0.278. The predicted octanol–water partition coefficient (Wildman–Crippen LogP) is 3.26. The molecule has 0 atom stereocenters. The Hall–Kier alpha value is -2.69. The summed E-state index contributed by atoms with van der Waals surface area (Å²) in [7, 11) is 3.95. The van der Waals surface area contributed by atoms with Crippen LogP contribution in [0.1, 0.15) is 5.56 Å². The standard InChI is InChI=1S/C18H23N3O2/c1-14-4-10-17(11-5-14)23-13-12-19-18(22)20-15-6-8-16(9-7-15)21(2)3/h4-11H,12-13H2,1-3H3,(H2,19,20,22). The molecule has 2 N–H and O–H groups in total. The second-order valence-corrected chi connectivity index (χ2v) is 5.48. The van der Waals surface area contributed by atoms with Crippen LogP contribution in [0, 0.1) is 6.92 Å². The number of carbonyl (C=O) groups is 1. The maximum atomic E-state index is 11.8. The van der Waals surface area contributed by atoms with Crippen molar-refractivity contribution >= 4 is 17.4 Å². The summed E-state index contributed by atoms with van der Waals surface area (Å²) in [5.41, 5.74) is 3.03. The zero-order chi connectivity index (χ0) is 16.7. The molecule has 0 unspecified atom stereocenters. The molecule has 0 aliphatic heterocycles. The number of urea groups is 1. The minimum atomic E-state index is -0.241. The smallest absolute Gasteiger partial charge is 0.319 e. The van der Waals surface area contributed by atoms with Crippen LogP contribution in [0.15, 0.2) is 48.5 Å². The zero-order valence-electron chi connectivity index (χ0n) is 13.8. The van der Waals surface area contributed by atoms with Crippen molar-refractivity contribution in [2.75, 3.05) is 37.5 Å². The summed E-state index contributed by atoms with van der Waals surface area (Å²) in [6.07, 6.45) is 0. The fourth-order valence-corrected chi connectivity index (χ4v) is 1.99. The van der Waals surface area contributed by atoms with Gasteiger partial charge in [0.05, 0.1) is 6.54 Å². The molecular weight excluding hydrogens is 290 g/mol. The normalized spacial score (nSPS) is 10.0. The molecule has 0 aromatic heterocycles. The van der Waals surface area contributed by atoms with Crippen molar-refractivity contribution in [1.29, 1.82) is 0 Å². The number of ether oxygens (including phenoxy) is 1. The molecule has 0 radical (unpaired) electrons. The van der Waals surface area contributed by atoms with Crippen LogP contribution in [0.4, 0.5) is 16.2 Å². The molecule has 5 heteroatoms. The van der Waals surface area contributed by atoms with Crippen LogP contribution < -0.4 is 20.3 Å². The highest BCUT2D eigenvalue weighted by molar-refractivity contribution is 5.89. The lowest BCUT2D eigenvalue weighted by Gasteiger charge is -2.13. The topological polar surface area (TPSA) is 53.6 Å². The van der Waals surface area contributed by atoms with E-state index in [1.54, 1.807) is 0 Å². The van der Waals surface area contributed by atoms with Crippen molar-refractivity contribution in [3.8, 4) is 5.75 Å². The quantitative estimate of drug-likeness (QED) is 0.805. The van der Waals surface area contributed by atoms with Crippen molar-refractivity contribution in [3.63, 3.8) is 0 Å². The van der Waals surface area contributed by atoms with Gasteiger partial charge in [-0.15, -0.1) is 0 Å². The largest absolute Gasteiger partial charge is 0.492 e. The average Bonchev–Trinajstić information content (AvgIpc) is 2.54. The van der Waals surface area contributed by atoms with Gasteiger partial charge in [0.25, 0.3) is 0 Å². The number of anilines is 2. The van der Waals surface area contributed by atoms with Crippen LogP contribution in [-0.4, -0.2) is 33.3 Å². The third-order valence-corrected chi connectivity index (χ3v) is 3.32. The first-order valence-corrected chi connectivity index (χ1v) is 7.56. The first kappa shape index (κ1) is 16.7. The summed E-state index contributed by atoms with van der Waals surface area (Å²) < 4.78 is 5.56. The Labute approximate surface area is 137 Å². The van der Waals surface area contributed by atoms with Crippen LogP contribution in [0.5, 0.6) is 5.75 Å². The van der Waals surface area contributed by atoms with E-state index < -0.39 is 0 Å². The summed E-state index contributed by atoms with van der Waals surface area (Å²) in [4.78, 5) is 13.8. The molecule has 0 bridgehead atoms. The number of benzene rings is 2. The van der Waals surface area contributed by atoms with Crippen molar-refractivity contribution in [2.45, 2.75) is 6.92 Å². The molecule has 122 valence electrons. The predicted molar refractivity (Wildman–Crippen MR) is 94.5 cm³/mol. The number of carbonyl (C=O) groups excluding carboxylic acids is 1. The summed E-state index contributed by atoms with van der Waals surface area (Å²) in [6, 6.07) is 15.2. The molecule has 2 amide bonds. The lowest BCUT2D eigenvalue weighted by molar-refractivity contribution is 0.247. The van der Waals surface area contributed by atoms with Gasteiger partial charge in [0.1, 0.15) is 12.4 Å². The Morgan fingerprint density at radius 2 is 1.70 bits per heavy atom. The molecule has 2 aromatic carbocycles. The highest BCUT2D eigenvalue weighted by atomic mass is 16.5. The summed E-state index contributed by atoms with van der Waals surface area (Å²) in [5, 5.41) is 5.55. The Morgan fingerprint density at radius 3 is 2.30 bits per heavy atom. The highest BCUT2D eigenvalue weighted by Gasteiger charge is 2.02. The van der Waals surface area contributed by atoms with Crippen LogP contribution >= 0.6 is 0 Å². The molecule has 0 saturated heterocycles. The fourth-order valence-electron chi connectivity index (χ4n) is 1.99. The lowest BCUT2D eigenvalue weighted by Crippen LogP contribution is -2.32. The molecule has 0 spiro atoms. The van der Waals surface area contributed by atoms with Crippen molar-refractivity contribution in [1.82, 2.24) is 5.32 Å². The highest BCUT2D eigenvalue weighted by Crippen LogP contribution is 2.15. The van der Waals surface area contributed by atoms with Crippen LogP contribution in [0.2, 0.25) is 0 Å². The number of hydrogen-bond donors (Lipinski definition) is 2. The molecule has 23 heavy (non-hydrogen) atoms. The van der Waals surface area contributed by atoms with Gasteiger partial charge in [-0.3, -0.25) is 0 Å². The number of hydrogen-bond acceptors (Lipinski definition) is 3. The SMILES string of the molecule is Cc1ccc(OCCNC(=O)Nc2ccc(N(C)C)cc2)cc1. The van der Waals surface area contributed by atoms with Crippen molar-refractivity contribution in [2.24, 2.45) is 0 Å². The van der Waals surface area contributed by atoms with Gasteiger partial charge < -0.3 is 20.3 Å². The zero-order valence-corrected chi connectivity index (χ0v) is 13.8. The number of rotatable bonds is 6. The molecule has 0 aliphatic carbocycles. The first-order chi connectivity index (χ1) is 11.0. The molecule has 2 rings (SSSR count). The van der Waals surface area contributed by atoms with Crippen LogP contribution in [0.3, 0.4) is 0 Å². The molecular formula is C18H23N3O2. The molecule has 0 saturated carbocycles. The van der Waals surface area contributed by atoms with Gasteiger partial charge in [-0.1, -0.05) is 17.7 Å². The number of aryl methyl sites for hydroxylation is 1. The Kier molecular flexibility index (Phi) is 5.86. The van der Waals surface area contributed by atoms with Crippen molar-refractivity contribution in [3.05, 3.63) is 54.1 Å². The van der Waals surface area contributed by atoms with Crippen LogP contribution in [0.25, 0.3) is 0 Å². The van der Waals surface area contributed by atoms with Gasteiger partial charge >= 0.3 is 6.03 Å². The molecule has 0 fully saturated rings. The number of nitrogens with one attached hydrogen (secondary N) is 2. The number of amides is 2. The minimum Gasteiger partial charge on any atom is -0.492 e. The maximum Gasteiger partial charge on any atom is 0.319 e. The Bertz CT molecular complexity index is 622. The van der Waals surface area contributed by atoms with Gasteiger partial charge in [0.15, 0.2) is 0 Å². The third-order valence-electron chi connectivity index (χ3n) is 3.32. The van der Waals surface area contributed by atoms with E-state index in [9.17, 15) is 4.79 Å². The van der Waals surface area contributed by atoms with E-state index >= 15 is 0 Å². The van der Waals surface area contributed by atoms with Gasteiger partial charge in [-0.05, 0) is 43.3 Å². The van der Waals surface area contributed by atoms with E-state index in [-0.39, 0.29) is 6.03 Å². The van der Waals surface area contributed by atoms with E-state index in [2.05, 4.69) is 10.6 Å². The molecule has 2 aromatic rings. The average molecular weight is 313 g/mol. The van der Waals surface area contributed by atoms with E-state index in [4.69, 9.17) is 4.74 Å². The molecule has 0 heterocycles. The Balaban J connectivity index is 1.69. The van der Waals surface area contributed by atoms with E-state index in [1.165, 1.54) is 5.56 Å². The molecule has 5 nitrogen and oxygen atoms in total. The third kappa shape index (κ3) is 5.54. The van der Waals surface area contributed by atoms with Gasteiger partial charge in [0.2, 0.25) is 0 Å². The summed E-state index contributed by atoms with van der Waals surface area (Å²) >= 11 is 0. The lowest BCUT2D eigenvalue weighted by atomic mass is 10.2. The van der Waals surface area contributed by atoms with Gasteiger partial charge in [-0.2, -0.15) is 0 Å². The maximum absolute atomic E-state index is 11.8. The van der Waals surface area contributed by atoms with Crippen LogP contribution in [-0.2, 0) is 0 Å². The molecule has 0 aliphatic rings. The van der Waals surface area contributed by atoms with E-state index in [1.807, 2.05) is 74.4 Å². The number of nitrogens with zero attached hydrogens (tertiary/aromatic N) is 1. The summed E-state index contributed by atoms with van der Waals surface area (Å²) in [6.45, 7) is 2.90. The van der Waals surface area contributed by atoms with E-state index in [0.717, 1.165) is 17.1 Å². The summed E-state index contributed by atoms with van der Waals surface area (Å²) in [5.74, 6) is 0.803. The second-order valence-electron chi connectivity index (χ2n) is 5.48. The first-order valence-electron chi connectivity index (χ1n) is 7.56. The minimum absolute atomic E-state index is 0.241. The Morgan fingerprint density at radius 1 is 1.04 bits per heavy atom. The monoisotopic (exact) mass is 313 g/mol. The van der Waals surface area contributed by atoms with Crippen molar-refractivity contribution < 1.29 is 9.53 Å². The van der Waals surface area contributed by atoms with Gasteiger partial charge in [0, 0.05) is 25.5 Å². The van der Waals surface area contributed by atoms with Gasteiger partial charge in [-0.25, -0.2) is 4.79 Å². The van der Waals surface area contributed by atoms with E-state index in [0.29, 0.717) is 13.2 Å².